The molecule has 0 aliphatic carbocycles. The van der Waals surface area contributed by atoms with Gasteiger partial charge in [-0.3, -0.25) is 0 Å². The van der Waals surface area contributed by atoms with Gasteiger partial charge in [-0.25, -0.2) is 15.0 Å². The lowest BCUT2D eigenvalue weighted by Crippen LogP contribution is -1.89. The van der Waals surface area contributed by atoms with E-state index in [0.29, 0.717) is 0 Å². The van der Waals surface area contributed by atoms with Gasteiger partial charge >= 0.3 is 0 Å². The second-order valence-corrected chi connectivity index (χ2v) is 3.17. The third-order valence-corrected chi connectivity index (χ3v) is 1.97. The standard InChI is InChI=1S/C6H5IN4/c1-11-3-9-5-4(11)2-8-6(7)10-5/h2-3H,1H3. The Balaban J connectivity index is 2.86. The highest BCUT2D eigenvalue weighted by Crippen LogP contribution is 2.07. The molecule has 0 aliphatic heterocycles. The lowest BCUT2D eigenvalue weighted by Gasteiger charge is -1.91. The Bertz CT molecular complexity index is 394. The number of aryl methyl sites for hydroxylation is 1. The SMILES string of the molecule is Cn1cnc2nc(I)ncc21. The van der Waals surface area contributed by atoms with Crippen molar-refractivity contribution in [2.45, 2.75) is 0 Å². The fourth-order valence-electron chi connectivity index (χ4n) is 0.893. The number of rotatable bonds is 0. The zero-order valence-corrected chi connectivity index (χ0v) is 7.98. The molecule has 2 aromatic heterocycles. The largest absolute Gasteiger partial charge is 0.331 e. The smallest absolute Gasteiger partial charge is 0.192 e. The summed E-state index contributed by atoms with van der Waals surface area (Å²) >= 11 is 2.07. The highest BCUT2D eigenvalue weighted by atomic mass is 127. The minimum atomic E-state index is 0.730. The van der Waals surface area contributed by atoms with Gasteiger partial charge in [0, 0.05) is 29.6 Å². The van der Waals surface area contributed by atoms with Crippen LogP contribution in [0, 0.1) is 3.83 Å². The summed E-state index contributed by atoms with van der Waals surface area (Å²) in [6.07, 6.45) is 3.51. The van der Waals surface area contributed by atoms with Crippen LogP contribution in [0.1, 0.15) is 0 Å². The highest BCUT2D eigenvalue weighted by Gasteiger charge is 2.00. The summed E-state index contributed by atoms with van der Waals surface area (Å²) < 4.78 is 2.62. The van der Waals surface area contributed by atoms with E-state index in [0.717, 1.165) is 15.0 Å². The first-order valence-corrected chi connectivity index (χ1v) is 4.15. The van der Waals surface area contributed by atoms with Crippen LogP contribution < -0.4 is 0 Å². The van der Waals surface area contributed by atoms with Crippen molar-refractivity contribution in [2.24, 2.45) is 7.05 Å². The first kappa shape index (κ1) is 6.96. The maximum atomic E-state index is 4.14. The Morgan fingerprint density at radius 3 is 3.09 bits per heavy atom. The first-order valence-electron chi connectivity index (χ1n) is 3.07. The van der Waals surface area contributed by atoms with E-state index >= 15 is 0 Å². The molecule has 4 nitrogen and oxygen atoms in total. The van der Waals surface area contributed by atoms with Crippen LogP contribution in [0.2, 0.25) is 0 Å². The molecule has 56 valence electrons. The third-order valence-electron chi connectivity index (χ3n) is 1.45. The van der Waals surface area contributed by atoms with Gasteiger partial charge in [0.05, 0.1) is 12.5 Å². The molecule has 0 aromatic carbocycles. The van der Waals surface area contributed by atoms with E-state index in [-0.39, 0.29) is 0 Å². The Kier molecular flexibility index (Phi) is 1.52. The van der Waals surface area contributed by atoms with Gasteiger partial charge in [-0.05, 0) is 0 Å². The predicted octanol–water partition coefficient (Wildman–Crippen LogP) is 0.968. The minimum Gasteiger partial charge on any atom is -0.331 e. The fraction of sp³-hybridized carbons (Fsp3) is 0.167. The number of fused-ring (bicyclic) bond motifs is 1. The van der Waals surface area contributed by atoms with Crippen molar-refractivity contribution in [1.29, 1.82) is 0 Å². The van der Waals surface area contributed by atoms with Crippen LogP contribution in [0.15, 0.2) is 12.5 Å². The molecular formula is C6H5IN4. The van der Waals surface area contributed by atoms with E-state index < -0.39 is 0 Å². The molecule has 0 amide bonds. The van der Waals surface area contributed by atoms with Crippen molar-refractivity contribution >= 4 is 33.8 Å². The van der Waals surface area contributed by atoms with Crippen molar-refractivity contribution < 1.29 is 0 Å². The molecular weight excluding hydrogens is 255 g/mol. The normalized spacial score (nSPS) is 10.7. The fourth-order valence-corrected chi connectivity index (χ4v) is 1.26. The molecule has 0 N–H and O–H groups in total. The van der Waals surface area contributed by atoms with Gasteiger partial charge in [0.1, 0.15) is 5.52 Å². The van der Waals surface area contributed by atoms with Crippen LogP contribution in [0.4, 0.5) is 0 Å². The summed E-state index contributed by atoms with van der Waals surface area (Å²) in [5, 5.41) is 0. The molecule has 2 rings (SSSR count). The summed E-state index contributed by atoms with van der Waals surface area (Å²) in [6, 6.07) is 0. The lowest BCUT2D eigenvalue weighted by molar-refractivity contribution is 0.943. The average Bonchev–Trinajstić information content (AvgIpc) is 2.32. The van der Waals surface area contributed by atoms with Crippen molar-refractivity contribution in [3.8, 4) is 0 Å². The quantitative estimate of drug-likeness (QED) is 0.523. The topological polar surface area (TPSA) is 43.6 Å². The summed E-state index contributed by atoms with van der Waals surface area (Å²) in [5.74, 6) is 0. The molecule has 0 saturated carbocycles. The van der Waals surface area contributed by atoms with Crippen LogP contribution in [-0.2, 0) is 7.05 Å². The molecule has 0 bridgehead atoms. The second-order valence-electron chi connectivity index (χ2n) is 2.20. The Morgan fingerprint density at radius 1 is 1.45 bits per heavy atom. The molecule has 2 aromatic rings. The first-order chi connectivity index (χ1) is 5.27. The average molecular weight is 260 g/mol. The van der Waals surface area contributed by atoms with Crippen LogP contribution in [0.25, 0.3) is 11.2 Å². The van der Waals surface area contributed by atoms with Gasteiger partial charge in [-0.2, -0.15) is 0 Å². The number of halogens is 1. The zero-order chi connectivity index (χ0) is 7.84. The van der Waals surface area contributed by atoms with Gasteiger partial charge in [-0.1, -0.05) is 0 Å². The minimum absolute atomic E-state index is 0.730. The van der Waals surface area contributed by atoms with E-state index in [1.807, 2.05) is 11.6 Å². The van der Waals surface area contributed by atoms with Gasteiger partial charge in [-0.15, -0.1) is 0 Å². The molecule has 0 radical (unpaired) electrons. The van der Waals surface area contributed by atoms with E-state index in [1.165, 1.54) is 0 Å². The summed E-state index contributed by atoms with van der Waals surface area (Å²) in [5.41, 5.74) is 1.72. The van der Waals surface area contributed by atoms with Crippen LogP contribution in [0.3, 0.4) is 0 Å². The summed E-state index contributed by atoms with van der Waals surface area (Å²) in [7, 11) is 1.92. The van der Waals surface area contributed by atoms with Crippen molar-refractivity contribution in [2.75, 3.05) is 0 Å². The molecule has 0 saturated heterocycles. The van der Waals surface area contributed by atoms with E-state index in [4.69, 9.17) is 0 Å². The van der Waals surface area contributed by atoms with Crippen LogP contribution in [-0.4, -0.2) is 19.5 Å². The van der Waals surface area contributed by atoms with Gasteiger partial charge in [0.15, 0.2) is 9.48 Å². The van der Waals surface area contributed by atoms with Crippen molar-refractivity contribution in [3.05, 3.63) is 16.4 Å². The Labute approximate surface area is 76.8 Å². The molecule has 2 heterocycles. The lowest BCUT2D eigenvalue weighted by atomic mass is 10.5. The van der Waals surface area contributed by atoms with E-state index in [1.54, 1.807) is 12.5 Å². The molecule has 5 heteroatoms. The second kappa shape index (κ2) is 2.40. The van der Waals surface area contributed by atoms with E-state index in [2.05, 4.69) is 37.5 Å². The molecule has 0 atom stereocenters. The highest BCUT2D eigenvalue weighted by molar-refractivity contribution is 14.1. The van der Waals surface area contributed by atoms with Crippen molar-refractivity contribution in [1.82, 2.24) is 19.5 Å². The van der Waals surface area contributed by atoms with Gasteiger partial charge in [0.25, 0.3) is 0 Å². The summed E-state index contributed by atoms with van der Waals surface area (Å²) in [6.45, 7) is 0. The summed E-state index contributed by atoms with van der Waals surface area (Å²) in [4.78, 5) is 12.3. The zero-order valence-electron chi connectivity index (χ0n) is 5.82. The van der Waals surface area contributed by atoms with Crippen LogP contribution in [0.5, 0.6) is 0 Å². The monoisotopic (exact) mass is 260 g/mol. The predicted molar refractivity (Wildman–Crippen MR) is 49.0 cm³/mol. The van der Waals surface area contributed by atoms with Gasteiger partial charge in [0.2, 0.25) is 0 Å². The maximum Gasteiger partial charge on any atom is 0.192 e. The van der Waals surface area contributed by atoms with E-state index in [9.17, 15) is 0 Å². The molecule has 11 heavy (non-hydrogen) atoms. The molecule has 0 spiro atoms. The number of hydrogen-bond acceptors (Lipinski definition) is 3. The number of hydrogen-bond donors (Lipinski definition) is 0. The molecule has 0 fully saturated rings. The Hall–Kier alpha value is -0.720. The molecule has 0 aliphatic rings. The van der Waals surface area contributed by atoms with Gasteiger partial charge < -0.3 is 4.57 Å². The number of aromatic nitrogens is 4. The third kappa shape index (κ3) is 1.09. The molecule has 0 unspecified atom stereocenters. The number of imidazole rings is 1. The van der Waals surface area contributed by atoms with Crippen LogP contribution >= 0.6 is 22.6 Å². The van der Waals surface area contributed by atoms with Crippen molar-refractivity contribution in [3.63, 3.8) is 0 Å². The maximum absolute atomic E-state index is 4.14. The Morgan fingerprint density at radius 2 is 2.27 bits per heavy atom. The number of nitrogens with zero attached hydrogens (tertiary/aromatic N) is 4.